The van der Waals surface area contributed by atoms with E-state index in [0.29, 0.717) is 23.8 Å². The van der Waals surface area contributed by atoms with E-state index in [-0.39, 0.29) is 0 Å². The van der Waals surface area contributed by atoms with Crippen LogP contribution in [-0.2, 0) is 11.3 Å². The number of nitrogens with two attached hydrogens (primary N) is 1. The van der Waals surface area contributed by atoms with Crippen molar-refractivity contribution in [2.45, 2.75) is 25.9 Å². The summed E-state index contributed by atoms with van der Waals surface area (Å²) in [5.74, 6) is 1.41. The molecule has 0 unspecified atom stereocenters. The third-order valence-corrected chi connectivity index (χ3v) is 3.12. The van der Waals surface area contributed by atoms with E-state index in [2.05, 4.69) is 5.32 Å². The third kappa shape index (κ3) is 3.54. The van der Waals surface area contributed by atoms with Gasteiger partial charge >= 0.3 is 0 Å². The number of hydrogen-bond donors (Lipinski definition) is 2. The Hall–Kier alpha value is -1.95. The predicted molar refractivity (Wildman–Crippen MR) is 76.2 cm³/mol. The van der Waals surface area contributed by atoms with Crippen LogP contribution in [0, 0.1) is 0 Å². The first-order valence-electron chi connectivity index (χ1n) is 6.19. The zero-order chi connectivity index (χ0) is 15.3. The van der Waals surface area contributed by atoms with Gasteiger partial charge < -0.3 is 19.9 Å². The molecule has 1 amide bonds. The number of carbonyl (C=O) groups excluding carboxylic acids is 1. The number of hydrogen-bond acceptors (Lipinski definition) is 5. The van der Waals surface area contributed by atoms with Crippen molar-refractivity contribution in [2.24, 2.45) is 5.73 Å². The molecule has 6 heteroatoms. The fourth-order valence-corrected chi connectivity index (χ4v) is 1.63. The van der Waals surface area contributed by atoms with Crippen LogP contribution in [0.15, 0.2) is 12.1 Å². The minimum atomic E-state index is -0.807. The highest BCUT2D eigenvalue weighted by atomic mass is 16.5. The molecule has 1 aromatic carbocycles. The molecule has 0 bridgehead atoms. The molecular formula is C14H22N2O4. The van der Waals surface area contributed by atoms with Gasteiger partial charge in [0.2, 0.25) is 5.91 Å². The highest BCUT2D eigenvalue weighted by molar-refractivity contribution is 5.83. The van der Waals surface area contributed by atoms with Gasteiger partial charge in [-0.05, 0) is 19.9 Å². The van der Waals surface area contributed by atoms with Gasteiger partial charge in [0.05, 0.1) is 26.9 Å². The Morgan fingerprint density at radius 1 is 1.10 bits per heavy atom. The van der Waals surface area contributed by atoms with Crippen LogP contribution in [0.1, 0.15) is 19.4 Å². The van der Waals surface area contributed by atoms with E-state index in [9.17, 15) is 4.79 Å². The number of carbonyl (C=O) groups is 1. The molecule has 20 heavy (non-hydrogen) atoms. The van der Waals surface area contributed by atoms with Crippen molar-refractivity contribution in [3.63, 3.8) is 0 Å². The summed E-state index contributed by atoms with van der Waals surface area (Å²) in [7, 11) is 4.70. The van der Waals surface area contributed by atoms with Crippen molar-refractivity contribution >= 4 is 5.91 Å². The fourth-order valence-electron chi connectivity index (χ4n) is 1.63. The summed E-state index contributed by atoms with van der Waals surface area (Å²) in [6.07, 6.45) is 0. The fraction of sp³-hybridized carbons (Fsp3) is 0.500. The SMILES string of the molecule is COc1cc(OC)c(OC)cc1CNC(C)(C)C(N)=O. The molecule has 0 radical (unpaired) electrons. The highest BCUT2D eigenvalue weighted by Gasteiger charge is 2.24. The van der Waals surface area contributed by atoms with Gasteiger partial charge in [-0.25, -0.2) is 0 Å². The molecule has 1 aromatic rings. The maximum atomic E-state index is 11.3. The van der Waals surface area contributed by atoms with Gasteiger partial charge in [0.25, 0.3) is 0 Å². The van der Waals surface area contributed by atoms with Crippen molar-refractivity contribution in [1.82, 2.24) is 5.32 Å². The minimum absolute atomic E-state index is 0.416. The van der Waals surface area contributed by atoms with E-state index >= 15 is 0 Å². The molecule has 0 saturated carbocycles. The summed E-state index contributed by atoms with van der Waals surface area (Å²) in [5, 5.41) is 3.09. The summed E-state index contributed by atoms with van der Waals surface area (Å²) < 4.78 is 15.8. The average molecular weight is 282 g/mol. The maximum Gasteiger partial charge on any atom is 0.237 e. The molecule has 112 valence electrons. The first-order chi connectivity index (χ1) is 9.35. The zero-order valence-corrected chi connectivity index (χ0v) is 12.6. The Labute approximate surface area is 119 Å². The van der Waals surface area contributed by atoms with Crippen LogP contribution in [0.2, 0.25) is 0 Å². The second kappa shape index (κ2) is 6.47. The molecule has 0 aliphatic carbocycles. The molecule has 0 saturated heterocycles. The van der Waals surface area contributed by atoms with Crippen molar-refractivity contribution < 1.29 is 19.0 Å². The molecule has 0 aromatic heterocycles. The lowest BCUT2D eigenvalue weighted by Gasteiger charge is -2.23. The van der Waals surface area contributed by atoms with Gasteiger partial charge in [0.15, 0.2) is 11.5 Å². The number of ether oxygens (including phenoxy) is 3. The van der Waals surface area contributed by atoms with E-state index in [1.54, 1.807) is 41.2 Å². The van der Waals surface area contributed by atoms with Crippen molar-refractivity contribution in [2.75, 3.05) is 21.3 Å². The monoisotopic (exact) mass is 282 g/mol. The van der Waals surface area contributed by atoms with Crippen LogP contribution < -0.4 is 25.3 Å². The molecule has 0 atom stereocenters. The van der Waals surface area contributed by atoms with Crippen LogP contribution in [0.5, 0.6) is 17.2 Å². The second-order valence-electron chi connectivity index (χ2n) is 4.86. The Morgan fingerprint density at radius 2 is 1.60 bits per heavy atom. The van der Waals surface area contributed by atoms with E-state index in [4.69, 9.17) is 19.9 Å². The first kappa shape index (κ1) is 16.1. The van der Waals surface area contributed by atoms with Gasteiger partial charge in [-0.1, -0.05) is 0 Å². The summed E-state index contributed by atoms with van der Waals surface area (Å²) >= 11 is 0. The minimum Gasteiger partial charge on any atom is -0.496 e. The molecule has 0 heterocycles. The van der Waals surface area contributed by atoms with Crippen molar-refractivity contribution in [1.29, 1.82) is 0 Å². The molecule has 3 N–H and O–H groups in total. The summed E-state index contributed by atoms with van der Waals surface area (Å²) in [6.45, 7) is 3.87. The number of rotatable bonds is 7. The molecule has 6 nitrogen and oxygen atoms in total. The van der Waals surface area contributed by atoms with Gasteiger partial charge in [-0.3, -0.25) is 10.1 Å². The smallest absolute Gasteiger partial charge is 0.237 e. The second-order valence-corrected chi connectivity index (χ2v) is 4.86. The third-order valence-electron chi connectivity index (χ3n) is 3.12. The highest BCUT2D eigenvalue weighted by Crippen LogP contribution is 2.34. The van der Waals surface area contributed by atoms with Gasteiger partial charge in [0.1, 0.15) is 5.75 Å². The van der Waals surface area contributed by atoms with Gasteiger partial charge in [-0.2, -0.15) is 0 Å². The van der Waals surface area contributed by atoms with Crippen LogP contribution >= 0.6 is 0 Å². The van der Waals surface area contributed by atoms with Crippen LogP contribution in [0.4, 0.5) is 0 Å². The summed E-state index contributed by atoms with van der Waals surface area (Å²) in [5.41, 5.74) is 5.37. The maximum absolute atomic E-state index is 11.3. The van der Waals surface area contributed by atoms with E-state index in [1.807, 2.05) is 6.07 Å². The molecule has 0 aliphatic heterocycles. The zero-order valence-electron chi connectivity index (χ0n) is 12.6. The van der Waals surface area contributed by atoms with Gasteiger partial charge in [0, 0.05) is 18.2 Å². The van der Waals surface area contributed by atoms with E-state index in [1.165, 1.54) is 0 Å². The molecule has 0 fully saturated rings. The Morgan fingerprint density at radius 3 is 2.05 bits per heavy atom. The Kier molecular flexibility index (Phi) is 5.21. The van der Waals surface area contributed by atoms with E-state index in [0.717, 1.165) is 5.56 Å². The standard InChI is InChI=1S/C14H22N2O4/c1-14(2,13(15)17)16-8-9-6-11(19-4)12(20-5)7-10(9)18-3/h6-7,16H,8H2,1-5H3,(H2,15,17). The first-order valence-corrected chi connectivity index (χ1v) is 6.19. The Balaban J connectivity index is 3.02. The molecule has 0 aliphatic rings. The van der Waals surface area contributed by atoms with Gasteiger partial charge in [-0.15, -0.1) is 0 Å². The summed E-state index contributed by atoms with van der Waals surface area (Å²) in [4.78, 5) is 11.3. The molecular weight excluding hydrogens is 260 g/mol. The van der Waals surface area contributed by atoms with Crippen LogP contribution in [0.3, 0.4) is 0 Å². The lowest BCUT2D eigenvalue weighted by molar-refractivity contribution is -0.123. The number of nitrogens with one attached hydrogen (secondary N) is 1. The average Bonchev–Trinajstić information content (AvgIpc) is 2.43. The normalized spacial score (nSPS) is 11.1. The molecule has 1 rings (SSSR count). The molecule has 0 spiro atoms. The predicted octanol–water partition coefficient (Wildman–Crippen LogP) is 1.07. The van der Waals surface area contributed by atoms with Crippen LogP contribution in [0.25, 0.3) is 0 Å². The number of methoxy groups -OCH3 is 3. The van der Waals surface area contributed by atoms with E-state index < -0.39 is 11.4 Å². The largest absolute Gasteiger partial charge is 0.496 e. The topological polar surface area (TPSA) is 82.8 Å². The quantitative estimate of drug-likeness (QED) is 0.781. The van der Waals surface area contributed by atoms with Crippen molar-refractivity contribution in [3.05, 3.63) is 17.7 Å². The number of benzene rings is 1. The summed E-state index contributed by atoms with van der Waals surface area (Å²) in [6, 6.07) is 3.55. The number of amides is 1. The number of primary amides is 1. The lowest BCUT2D eigenvalue weighted by atomic mass is 10.0. The van der Waals surface area contributed by atoms with Crippen molar-refractivity contribution in [3.8, 4) is 17.2 Å². The van der Waals surface area contributed by atoms with Crippen LogP contribution in [-0.4, -0.2) is 32.8 Å². The lowest BCUT2D eigenvalue weighted by Crippen LogP contribution is -2.50. The Bertz CT molecular complexity index is 486.